The molecule has 2 aliphatic rings. The van der Waals surface area contributed by atoms with Gasteiger partial charge in [-0.25, -0.2) is 4.79 Å². The standard InChI is InChI=1S/C20H19N3O4/c24-17(23-12-10-20(11-13-23)18(25)21-19(26)22-20)14-6-8-16(9-7-14)27-15-4-2-1-3-5-15/h1-9H,10-13H2,(H2,21,22,25,26). The first-order valence-electron chi connectivity index (χ1n) is 8.82. The normalized spacial score (nSPS) is 18.1. The summed E-state index contributed by atoms with van der Waals surface area (Å²) in [4.78, 5) is 37.8. The van der Waals surface area contributed by atoms with Gasteiger partial charge in [-0.2, -0.15) is 0 Å². The van der Waals surface area contributed by atoms with Crippen molar-refractivity contribution < 1.29 is 19.1 Å². The minimum Gasteiger partial charge on any atom is -0.457 e. The van der Waals surface area contributed by atoms with E-state index in [9.17, 15) is 14.4 Å². The van der Waals surface area contributed by atoms with Gasteiger partial charge in [0.05, 0.1) is 0 Å². The van der Waals surface area contributed by atoms with E-state index in [1.54, 1.807) is 29.2 Å². The molecule has 4 amide bonds. The van der Waals surface area contributed by atoms with Crippen molar-refractivity contribution in [1.82, 2.24) is 15.5 Å². The summed E-state index contributed by atoms with van der Waals surface area (Å²) >= 11 is 0. The molecule has 0 aromatic heterocycles. The lowest BCUT2D eigenvalue weighted by molar-refractivity contribution is -0.125. The Kier molecular flexibility index (Phi) is 4.27. The Morgan fingerprint density at radius 2 is 1.56 bits per heavy atom. The largest absolute Gasteiger partial charge is 0.457 e. The molecule has 2 N–H and O–H groups in total. The Morgan fingerprint density at radius 1 is 0.926 bits per heavy atom. The first-order valence-corrected chi connectivity index (χ1v) is 8.82. The lowest BCUT2D eigenvalue weighted by atomic mass is 9.87. The number of ether oxygens (including phenoxy) is 1. The van der Waals surface area contributed by atoms with Gasteiger partial charge in [0.25, 0.3) is 11.8 Å². The molecule has 0 radical (unpaired) electrons. The second kappa shape index (κ2) is 6.75. The van der Waals surface area contributed by atoms with Gasteiger partial charge in [-0.15, -0.1) is 0 Å². The highest BCUT2D eigenvalue weighted by Crippen LogP contribution is 2.27. The number of hydrogen-bond acceptors (Lipinski definition) is 4. The maximum Gasteiger partial charge on any atom is 0.322 e. The zero-order valence-electron chi connectivity index (χ0n) is 14.6. The molecule has 27 heavy (non-hydrogen) atoms. The number of benzene rings is 2. The van der Waals surface area contributed by atoms with Gasteiger partial charge in [0.1, 0.15) is 17.0 Å². The van der Waals surface area contributed by atoms with Crippen LogP contribution in [0.1, 0.15) is 23.2 Å². The number of nitrogens with one attached hydrogen (secondary N) is 2. The molecule has 0 aliphatic carbocycles. The van der Waals surface area contributed by atoms with Gasteiger partial charge >= 0.3 is 6.03 Å². The number of piperidine rings is 1. The van der Waals surface area contributed by atoms with Crippen LogP contribution in [0.2, 0.25) is 0 Å². The third kappa shape index (κ3) is 3.36. The van der Waals surface area contributed by atoms with Gasteiger partial charge in [-0.05, 0) is 49.2 Å². The third-order valence-corrected chi connectivity index (χ3v) is 5.00. The minimum absolute atomic E-state index is 0.0964. The molecule has 138 valence electrons. The van der Waals surface area contributed by atoms with Gasteiger partial charge in [-0.1, -0.05) is 18.2 Å². The first-order chi connectivity index (χ1) is 13.1. The lowest BCUT2D eigenvalue weighted by Gasteiger charge is -2.37. The highest BCUT2D eigenvalue weighted by atomic mass is 16.5. The van der Waals surface area contributed by atoms with E-state index in [-0.39, 0.29) is 11.8 Å². The maximum absolute atomic E-state index is 12.7. The molecule has 0 saturated carbocycles. The van der Waals surface area contributed by atoms with E-state index in [4.69, 9.17) is 4.74 Å². The van der Waals surface area contributed by atoms with Gasteiger partial charge in [-0.3, -0.25) is 14.9 Å². The van der Waals surface area contributed by atoms with Crippen molar-refractivity contribution in [3.8, 4) is 11.5 Å². The molecule has 2 saturated heterocycles. The highest BCUT2D eigenvalue weighted by molar-refractivity contribution is 6.07. The van der Waals surface area contributed by atoms with E-state index in [0.717, 1.165) is 5.75 Å². The predicted octanol–water partition coefficient (Wildman–Crippen LogP) is 2.29. The lowest BCUT2D eigenvalue weighted by Crippen LogP contribution is -2.55. The number of urea groups is 1. The summed E-state index contributed by atoms with van der Waals surface area (Å²) in [5.41, 5.74) is -0.312. The number of carbonyl (C=O) groups is 3. The van der Waals surface area contributed by atoms with Gasteiger partial charge in [0.2, 0.25) is 0 Å². The van der Waals surface area contributed by atoms with Crippen molar-refractivity contribution in [2.75, 3.05) is 13.1 Å². The molecule has 0 bridgehead atoms. The molecule has 7 heteroatoms. The molecule has 2 aliphatic heterocycles. The summed E-state index contributed by atoms with van der Waals surface area (Å²) in [6, 6.07) is 15.9. The maximum atomic E-state index is 12.7. The Hall–Kier alpha value is -3.35. The number of para-hydroxylation sites is 1. The van der Waals surface area contributed by atoms with Crippen molar-refractivity contribution in [2.45, 2.75) is 18.4 Å². The Labute approximate surface area is 156 Å². The fourth-order valence-electron chi connectivity index (χ4n) is 3.44. The summed E-state index contributed by atoms with van der Waals surface area (Å²) in [6.07, 6.45) is 0.816. The van der Waals surface area contributed by atoms with E-state index in [1.807, 2.05) is 30.3 Å². The van der Waals surface area contributed by atoms with Crippen LogP contribution in [0.15, 0.2) is 54.6 Å². The zero-order chi connectivity index (χ0) is 18.9. The fraction of sp³-hybridized carbons (Fsp3) is 0.250. The predicted molar refractivity (Wildman–Crippen MR) is 97.5 cm³/mol. The van der Waals surface area contributed by atoms with Crippen LogP contribution in [-0.2, 0) is 4.79 Å². The van der Waals surface area contributed by atoms with Gasteiger partial charge in [0, 0.05) is 18.7 Å². The molecule has 0 unspecified atom stereocenters. The van der Waals surface area contributed by atoms with Crippen LogP contribution in [0.3, 0.4) is 0 Å². The average molecular weight is 365 g/mol. The summed E-state index contributed by atoms with van der Waals surface area (Å²) in [7, 11) is 0. The number of imide groups is 1. The van der Waals surface area contributed by atoms with E-state index < -0.39 is 11.6 Å². The highest BCUT2D eigenvalue weighted by Gasteiger charge is 2.48. The van der Waals surface area contributed by atoms with Crippen molar-refractivity contribution in [3.05, 3.63) is 60.2 Å². The SMILES string of the molecule is O=C1NC(=O)C2(CCN(C(=O)c3ccc(Oc4ccccc4)cc3)CC2)N1. The monoisotopic (exact) mass is 365 g/mol. The first kappa shape index (κ1) is 17.1. The average Bonchev–Trinajstić information content (AvgIpc) is 2.96. The number of hydrogen-bond donors (Lipinski definition) is 2. The van der Waals surface area contributed by atoms with E-state index in [2.05, 4.69) is 10.6 Å². The van der Waals surface area contributed by atoms with Crippen molar-refractivity contribution in [2.24, 2.45) is 0 Å². The number of nitrogens with zero attached hydrogens (tertiary/aromatic N) is 1. The zero-order valence-corrected chi connectivity index (χ0v) is 14.6. The molecule has 2 fully saturated rings. The number of rotatable bonds is 3. The van der Waals surface area contributed by atoms with Gasteiger partial charge < -0.3 is 15.0 Å². The topological polar surface area (TPSA) is 87.7 Å². The molecule has 7 nitrogen and oxygen atoms in total. The molecule has 2 aromatic carbocycles. The van der Waals surface area contributed by atoms with Crippen molar-refractivity contribution in [3.63, 3.8) is 0 Å². The smallest absolute Gasteiger partial charge is 0.322 e. The summed E-state index contributed by atoms with van der Waals surface area (Å²) in [6.45, 7) is 0.823. The summed E-state index contributed by atoms with van der Waals surface area (Å²) < 4.78 is 5.73. The Morgan fingerprint density at radius 3 is 2.15 bits per heavy atom. The fourth-order valence-corrected chi connectivity index (χ4v) is 3.44. The third-order valence-electron chi connectivity index (χ3n) is 5.00. The number of carbonyl (C=O) groups excluding carboxylic acids is 3. The van der Waals surface area contributed by atoms with E-state index in [0.29, 0.717) is 37.2 Å². The molecule has 1 spiro atoms. The van der Waals surface area contributed by atoms with Crippen LogP contribution in [0.5, 0.6) is 11.5 Å². The summed E-state index contributed by atoms with van der Waals surface area (Å²) in [5.74, 6) is 0.985. The van der Waals surface area contributed by atoms with Crippen molar-refractivity contribution in [1.29, 1.82) is 0 Å². The Bertz CT molecular complexity index is 872. The van der Waals surface area contributed by atoms with Crippen molar-refractivity contribution >= 4 is 17.8 Å². The Balaban J connectivity index is 1.39. The molecular formula is C20H19N3O4. The number of amides is 4. The number of likely N-dealkylation sites (tertiary alicyclic amines) is 1. The van der Waals surface area contributed by atoms with Crippen LogP contribution < -0.4 is 15.4 Å². The summed E-state index contributed by atoms with van der Waals surface area (Å²) in [5, 5.41) is 4.97. The van der Waals surface area contributed by atoms with E-state index in [1.165, 1.54) is 0 Å². The van der Waals surface area contributed by atoms with Crippen LogP contribution >= 0.6 is 0 Å². The minimum atomic E-state index is -0.874. The van der Waals surface area contributed by atoms with Crippen LogP contribution in [0, 0.1) is 0 Å². The molecular weight excluding hydrogens is 346 g/mol. The van der Waals surface area contributed by atoms with Crippen LogP contribution in [0.4, 0.5) is 4.79 Å². The molecule has 0 atom stereocenters. The second-order valence-corrected chi connectivity index (χ2v) is 6.72. The van der Waals surface area contributed by atoms with Gasteiger partial charge in [0.15, 0.2) is 0 Å². The van der Waals surface area contributed by atoms with Crippen LogP contribution in [0.25, 0.3) is 0 Å². The van der Waals surface area contributed by atoms with Crippen LogP contribution in [-0.4, -0.2) is 41.4 Å². The van der Waals surface area contributed by atoms with E-state index >= 15 is 0 Å². The molecule has 2 aromatic rings. The second-order valence-electron chi connectivity index (χ2n) is 6.72. The molecule has 4 rings (SSSR count). The molecule has 2 heterocycles. The quantitative estimate of drug-likeness (QED) is 0.817.